The molecule has 1 aliphatic rings. The van der Waals surface area contributed by atoms with Crippen LogP contribution in [-0.4, -0.2) is 64.4 Å². The van der Waals surface area contributed by atoms with Crippen LogP contribution in [0, 0.1) is 0 Å². The lowest BCUT2D eigenvalue weighted by molar-refractivity contribution is -0.253. The fourth-order valence-corrected chi connectivity index (χ4v) is 3.91. The van der Waals surface area contributed by atoms with Gasteiger partial charge in [0.15, 0.2) is 5.82 Å². The Kier molecular flexibility index (Phi) is 9.24. The molecule has 9 nitrogen and oxygen atoms in total. The maximum Gasteiger partial charge on any atom is 0.240 e. The van der Waals surface area contributed by atoms with Gasteiger partial charge in [0, 0.05) is 19.8 Å². The lowest BCUT2D eigenvalue weighted by atomic mass is 10.0. The molecule has 0 amide bonds. The van der Waals surface area contributed by atoms with Crippen LogP contribution in [0.25, 0.3) is 5.52 Å². The van der Waals surface area contributed by atoms with E-state index in [4.69, 9.17) is 24.7 Å². The number of fused-ring (bicyclic) bond motifs is 1. The third-order valence-electron chi connectivity index (χ3n) is 5.76. The number of anilines is 1. The van der Waals surface area contributed by atoms with Gasteiger partial charge in [-0.05, 0) is 31.4 Å². The van der Waals surface area contributed by atoms with Crippen LogP contribution >= 0.6 is 0 Å². The summed E-state index contributed by atoms with van der Waals surface area (Å²) in [6.45, 7) is 8.33. The van der Waals surface area contributed by atoms with Gasteiger partial charge in [0.25, 0.3) is 0 Å². The minimum atomic E-state index is -1.77. The zero-order valence-electron chi connectivity index (χ0n) is 19.5. The molecule has 4 atom stereocenters. The fourth-order valence-electron chi connectivity index (χ4n) is 3.91. The van der Waals surface area contributed by atoms with Crippen LogP contribution in [0.15, 0.2) is 18.5 Å². The molecular weight excluding hydrogens is 412 g/mol. The maximum atomic E-state index is 11.9. The van der Waals surface area contributed by atoms with E-state index in [-0.39, 0.29) is 0 Å². The average molecular weight is 451 g/mol. The Morgan fingerprint density at radius 3 is 2.47 bits per heavy atom. The molecule has 1 unspecified atom stereocenters. The van der Waals surface area contributed by atoms with Gasteiger partial charge in [0.1, 0.15) is 35.8 Å². The number of rotatable bonds is 14. The summed E-state index contributed by atoms with van der Waals surface area (Å²) in [6, 6.07) is 3.52. The second-order valence-electron chi connectivity index (χ2n) is 8.28. The lowest BCUT2D eigenvalue weighted by Crippen LogP contribution is -2.45. The molecule has 1 fully saturated rings. The van der Waals surface area contributed by atoms with Crippen molar-refractivity contribution < 1.29 is 24.1 Å². The molecule has 3 N–H and O–H groups in total. The summed E-state index contributed by atoms with van der Waals surface area (Å²) >= 11 is 0. The number of aromatic nitrogens is 3. The van der Waals surface area contributed by atoms with Crippen molar-refractivity contribution in [1.29, 1.82) is 0 Å². The highest BCUT2D eigenvalue weighted by atomic mass is 16.7. The van der Waals surface area contributed by atoms with E-state index in [2.05, 4.69) is 30.9 Å². The van der Waals surface area contributed by atoms with E-state index in [1.54, 1.807) is 16.6 Å². The Morgan fingerprint density at radius 1 is 1.06 bits per heavy atom. The Morgan fingerprint density at radius 2 is 1.75 bits per heavy atom. The minimum Gasteiger partial charge on any atom is -0.382 e. The van der Waals surface area contributed by atoms with Crippen molar-refractivity contribution in [3.63, 3.8) is 0 Å². The molecule has 2 aromatic rings. The molecule has 32 heavy (non-hydrogen) atoms. The molecule has 0 bridgehead atoms. The number of nitrogen functional groups attached to an aromatic ring is 1. The molecule has 9 heteroatoms. The van der Waals surface area contributed by atoms with Crippen molar-refractivity contribution in [2.45, 2.75) is 83.4 Å². The van der Waals surface area contributed by atoms with Gasteiger partial charge in [0.2, 0.25) is 5.79 Å². The normalized spacial score (nSPS) is 25.7. The standard InChI is InChI=1S/C23H38N4O5/c1-4-7-12-29-15-18-20(30-13-8-5-2)21(31-14-9-6-3)23(28,32-18)19-11-10-17-22(24)25-16-26-27(17)19/h10-11,16,18,20-21,28H,4-9,12-15H2,1-3H3,(H2,24,25,26)/t18-,20-,21-,23?/m1/s1. The number of hydrogen-bond donors (Lipinski definition) is 2. The third-order valence-corrected chi connectivity index (χ3v) is 5.76. The van der Waals surface area contributed by atoms with Crippen LogP contribution in [0.3, 0.4) is 0 Å². The monoisotopic (exact) mass is 450 g/mol. The predicted molar refractivity (Wildman–Crippen MR) is 121 cm³/mol. The van der Waals surface area contributed by atoms with Gasteiger partial charge in [-0.15, -0.1) is 0 Å². The molecule has 0 radical (unpaired) electrons. The summed E-state index contributed by atoms with van der Waals surface area (Å²) in [5.74, 6) is -1.44. The Labute approximate surface area is 190 Å². The van der Waals surface area contributed by atoms with Crippen LogP contribution in [0.1, 0.15) is 65.0 Å². The molecule has 2 aromatic heterocycles. The van der Waals surface area contributed by atoms with Gasteiger partial charge in [-0.25, -0.2) is 9.50 Å². The summed E-state index contributed by atoms with van der Waals surface area (Å²) in [5.41, 5.74) is 7.03. The smallest absolute Gasteiger partial charge is 0.240 e. The van der Waals surface area contributed by atoms with E-state index in [0.29, 0.717) is 43.5 Å². The number of hydrogen-bond acceptors (Lipinski definition) is 8. The number of unbranched alkanes of at least 4 members (excludes halogenated alkanes) is 3. The highest BCUT2D eigenvalue weighted by Crippen LogP contribution is 2.42. The highest BCUT2D eigenvalue weighted by molar-refractivity contribution is 5.65. The largest absolute Gasteiger partial charge is 0.382 e. The van der Waals surface area contributed by atoms with Gasteiger partial charge in [-0.2, -0.15) is 5.10 Å². The van der Waals surface area contributed by atoms with Gasteiger partial charge in [-0.3, -0.25) is 0 Å². The molecule has 3 rings (SSSR count). The van der Waals surface area contributed by atoms with Gasteiger partial charge < -0.3 is 29.8 Å². The fraction of sp³-hybridized carbons (Fsp3) is 0.739. The molecule has 0 aliphatic carbocycles. The van der Waals surface area contributed by atoms with Crippen molar-refractivity contribution in [1.82, 2.24) is 14.6 Å². The van der Waals surface area contributed by atoms with Crippen molar-refractivity contribution in [2.24, 2.45) is 0 Å². The lowest BCUT2D eigenvalue weighted by Gasteiger charge is -2.30. The van der Waals surface area contributed by atoms with E-state index in [0.717, 1.165) is 38.5 Å². The third kappa shape index (κ3) is 5.40. The summed E-state index contributed by atoms with van der Waals surface area (Å²) in [6.07, 6.45) is 5.46. The molecule has 3 heterocycles. The van der Waals surface area contributed by atoms with Gasteiger partial charge in [0.05, 0.1) is 6.61 Å². The van der Waals surface area contributed by atoms with Crippen LogP contribution < -0.4 is 5.73 Å². The highest BCUT2D eigenvalue weighted by Gasteiger charge is 2.58. The Bertz CT molecular complexity index is 832. The van der Waals surface area contributed by atoms with Crippen molar-refractivity contribution >= 4 is 11.3 Å². The Balaban J connectivity index is 1.93. The molecule has 0 aromatic carbocycles. The average Bonchev–Trinajstić information content (AvgIpc) is 3.33. The van der Waals surface area contributed by atoms with E-state index < -0.39 is 24.1 Å². The summed E-state index contributed by atoms with van der Waals surface area (Å²) in [7, 11) is 0. The molecule has 1 aliphatic heterocycles. The number of ether oxygens (including phenoxy) is 4. The first-order valence-electron chi connectivity index (χ1n) is 11.9. The second kappa shape index (κ2) is 11.9. The topological polar surface area (TPSA) is 113 Å². The number of aliphatic hydroxyl groups is 1. The molecule has 0 saturated carbocycles. The van der Waals surface area contributed by atoms with Crippen molar-refractivity contribution in [2.75, 3.05) is 32.2 Å². The van der Waals surface area contributed by atoms with Gasteiger partial charge >= 0.3 is 0 Å². The molecular formula is C23H38N4O5. The molecule has 1 saturated heterocycles. The van der Waals surface area contributed by atoms with Crippen molar-refractivity contribution in [3.05, 3.63) is 24.2 Å². The first kappa shape index (κ1) is 24.9. The van der Waals surface area contributed by atoms with E-state index in [9.17, 15) is 5.11 Å². The Hall–Kier alpha value is -1.78. The van der Waals surface area contributed by atoms with Crippen LogP contribution in [0.4, 0.5) is 5.82 Å². The summed E-state index contributed by atoms with van der Waals surface area (Å²) in [4.78, 5) is 4.03. The quantitative estimate of drug-likeness (QED) is 0.422. The zero-order chi connectivity index (χ0) is 23.0. The van der Waals surface area contributed by atoms with Crippen LogP contribution in [-0.2, 0) is 24.7 Å². The zero-order valence-corrected chi connectivity index (χ0v) is 19.5. The second-order valence-corrected chi connectivity index (χ2v) is 8.28. The van der Waals surface area contributed by atoms with Crippen LogP contribution in [0.2, 0.25) is 0 Å². The van der Waals surface area contributed by atoms with Crippen LogP contribution in [0.5, 0.6) is 0 Å². The summed E-state index contributed by atoms with van der Waals surface area (Å²) in [5, 5.41) is 16.2. The molecule has 0 spiro atoms. The van der Waals surface area contributed by atoms with E-state index in [1.807, 2.05) is 0 Å². The number of nitrogens with two attached hydrogens (primary N) is 1. The van der Waals surface area contributed by atoms with E-state index >= 15 is 0 Å². The first-order valence-corrected chi connectivity index (χ1v) is 11.9. The first-order chi connectivity index (χ1) is 15.6. The van der Waals surface area contributed by atoms with Gasteiger partial charge in [-0.1, -0.05) is 40.0 Å². The van der Waals surface area contributed by atoms with E-state index in [1.165, 1.54) is 6.33 Å². The molecule has 180 valence electrons. The maximum absolute atomic E-state index is 11.9. The SMILES string of the molecule is CCCCOC[C@H]1OC(O)(c2ccc3c(N)ncnn23)[C@H](OCCCC)[C@@H]1OCCCC. The van der Waals surface area contributed by atoms with Crippen molar-refractivity contribution in [3.8, 4) is 0 Å². The minimum absolute atomic E-state index is 0.313. The number of nitrogens with zero attached hydrogens (tertiary/aromatic N) is 3. The summed E-state index contributed by atoms with van der Waals surface area (Å²) < 4.78 is 26.1. The predicted octanol–water partition coefficient (Wildman–Crippen LogP) is 3.04.